The number of hydrogen-bond donors (Lipinski definition) is 6. The van der Waals surface area contributed by atoms with Gasteiger partial charge in [0.05, 0.1) is 6.61 Å². The normalized spacial score (nSPS) is 21.4. The van der Waals surface area contributed by atoms with Crippen molar-refractivity contribution < 1.29 is 63.1 Å². The van der Waals surface area contributed by atoms with Crippen molar-refractivity contribution in [1.82, 2.24) is 0 Å². The number of ether oxygens (including phenoxy) is 2. The third-order valence-electron chi connectivity index (χ3n) is 12.6. The molecule has 13 nitrogen and oxygen atoms in total. The van der Waals surface area contributed by atoms with Crippen LogP contribution >= 0.6 is 7.82 Å². The number of allylic oxidation sites excluding steroid dienone is 2. The van der Waals surface area contributed by atoms with Gasteiger partial charge in [0, 0.05) is 12.8 Å². The van der Waals surface area contributed by atoms with Crippen LogP contribution in [-0.2, 0) is 32.7 Å². The van der Waals surface area contributed by atoms with Crippen LogP contribution in [0.1, 0.15) is 245 Å². The Labute approximate surface area is 394 Å². The Morgan fingerprint density at radius 1 is 0.462 bits per heavy atom. The predicted molar refractivity (Wildman–Crippen MR) is 258 cm³/mol. The molecule has 1 rings (SSSR count). The van der Waals surface area contributed by atoms with E-state index in [1.807, 2.05) is 0 Å². The maximum Gasteiger partial charge on any atom is 0.472 e. The minimum absolute atomic E-state index is 0.103. The Balaban J connectivity index is 2.37. The molecule has 1 fully saturated rings. The summed E-state index contributed by atoms with van der Waals surface area (Å²) in [7, 11) is -5.12. The minimum atomic E-state index is -5.12. The summed E-state index contributed by atoms with van der Waals surface area (Å²) in [5.41, 5.74) is 0. The third kappa shape index (κ3) is 33.7. The number of phosphoric acid groups is 1. The molecule has 0 aromatic carbocycles. The van der Waals surface area contributed by atoms with Gasteiger partial charge in [0.1, 0.15) is 43.2 Å². The van der Waals surface area contributed by atoms with Gasteiger partial charge < -0.3 is 39.9 Å². The van der Waals surface area contributed by atoms with Crippen molar-refractivity contribution in [2.24, 2.45) is 0 Å². The number of unbranched alkanes of at least 4 members (excludes halogenated alkanes) is 31. The second-order valence-corrected chi connectivity index (χ2v) is 20.1. The number of aliphatic hydroxyl groups is 5. The smallest absolute Gasteiger partial charge is 0.462 e. The highest BCUT2D eigenvalue weighted by Gasteiger charge is 2.51. The summed E-state index contributed by atoms with van der Waals surface area (Å²) in [5, 5.41) is 50.3. The average molecular weight is 949 g/mol. The van der Waals surface area contributed by atoms with E-state index in [0.29, 0.717) is 12.8 Å². The van der Waals surface area contributed by atoms with Gasteiger partial charge in [0.15, 0.2) is 6.10 Å². The number of aliphatic hydroxyl groups excluding tert-OH is 5. The molecular weight excluding hydrogens is 852 g/mol. The van der Waals surface area contributed by atoms with E-state index in [9.17, 15) is 44.6 Å². The molecule has 1 aliphatic carbocycles. The van der Waals surface area contributed by atoms with E-state index < -0.39 is 75.7 Å². The molecule has 1 aliphatic rings. The van der Waals surface area contributed by atoms with Gasteiger partial charge >= 0.3 is 19.8 Å². The monoisotopic (exact) mass is 949 g/mol. The Bertz CT molecular complexity index is 1190. The standard InChI is InChI=1S/C51H97O13P/c1-3-5-7-9-11-13-15-17-19-21-22-24-25-27-29-31-33-35-37-39-44(52)61-41-43(42-62-65(59,60)64-51-49(57)47(55)46(54)48(56)50(51)58)63-45(53)40-38-36-34-32-30-28-26-23-20-18-16-14-12-10-8-6-4-2/h17,19,43,46-51,54-58H,3-16,18,20-42H2,1-2H3,(H,59,60)/b19-17+/t43-,46?,47-,48?,49?,50?,51?/m0/s1. The molecule has 6 unspecified atom stereocenters. The van der Waals surface area contributed by atoms with E-state index in [1.54, 1.807) is 0 Å². The van der Waals surface area contributed by atoms with Crippen LogP contribution < -0.4 is 0 Å². The summed E-state index contributed by atoms with van der Waals surface area (Å²) in [5.74, 6) is -1.09. The first-order valence-corrected chi connectivity index (χ1v) is 28.0. The van der Waals surface area contributed by atoms with Crippen LogP contribution in [0.25, 0.3) is 0 Å². The van der Waals surface area contributed by atoms with Gasteiger partial charge in [0.25, 0.3) is 0 Å². The Kier molecular flexibility index (Phi) is 39.4. The lowest BCUT2D eigenvalue weighted by molar-refractivity contribution is -0.220. The highest BCUT2D eigenvalue weighted by atomic mass is 31.2. The molecular formula is C51H97O13P. The van der Waals surface area contributed by atoms with Crippen molar-refractivity contribution in [3.8, 4) is 0 Å². The summed E-state index contributed by atoms with van der Waals surface area (Å²) < 4.78 is 33.7. The van der Waals surface area contributed by atoms with Gasteiger partial charge in [-0.1, -0.05) is 206 Å². The van der Waals surface area contributed by atoms with Crippen LogP contribution in [0.4, 0.5) is 0 Å². The molecule has 0 heterocycles. The highest BCUT2D eigenvalue weighted by molar-refractivity contribution is 7.47. The zero-order valence-electron chi connectivity index (χ0n) is 41.1. The summed E-state index contributed by atoms with van der Waals surface area (Å²) in [6.07, 6.45) is 32.5. The van der Waals surface area contributed by atoms with Crippen LogP contribution in [0, 0.1) is 0 Å². The SMILES string of the molecule is CCCCCCCC/C=C/CCCCCCCCCCCC(=O)OC[C@@H](COP(=O)(O)OC1C(O)C(O)C(O)[C@H](O)C1O)OC(=O)CCCCCCCCCCCCCCCCCCC. The van der Waals surface area contributed by atoms with Crippen LogP contribution in [0.5, 0.6) is 0 Å². The van der Waals surface area contributed by atoms with E-state index in [1.165, 1.54) is 167 Å². The molecule has 384 valence electrons. The lowest BCUT2D eigenvalue weighted by atomic mass is 9.85. The van der Waals surface area contributed by atoms with Gasteiger partial charge in [-0.2, -0.15) is 0 Å². The van der Waals surface area contributed by atoms with E-state index in [0.717, 1.165) is 38.5 Å². The fourth-order valence-electron chi connectivity index (χ4n) is 8.34. The first kappa shape index (κ1) is 61.6. The first-order chi connectivity index (χ1) is 31.4. The molecule has 0 saturated heterocycles. The molecule has 0 aromatic heterocycles. The fraction of sp³-hybridized carbons (Fsp3) is 0.922. The van der Waals surface area contributed by atoms with Gasteiger partial charge in [0.2, 0.25) is 0 Å². The number of carbonyl (C=O) groups is 2. The lowest BCUT2D eigenvalue weighted by Gasteiger charge is -2.41. The largest absolute Gasteiger partial charge is 0.472 e. The maximum absolute atomic E-state index is 12.9. The molecule has 14 heteroatoms. The quantitative estimate of drug-likeness (QED) is 0.0145. The number of rotatable bonds is 45. The summed E-state index contributed by atoms with van der Waals surface area (Å²) >= 11 is 0. The molecule has 0 spiro atoms. The molecule has 8 atom stereocenters. The molecule has 65 heavy (non-hydrogen) atoms. The van der Waals surface area contributed by atoms with Crippen LogP contribution in [0.2, 0.25) is 0 Å². The number of carbonyl (C=O) groups excluding carboxylic acids is 2. The predicted octanol–water partition coefficient (Wildman–Crippen LogP) is 11.4. The number of hydrogen-bond acceptors (Lipinski definition) is 12. The van der Waals surface area contributed by atoms with Crippen LogP contribution in [-0.4, -0.2) is 98.3 Å². The van der Waals surface area contributed by atoms with Crippen molar-refractivity contribution in [2.75, 3.05) is 13.2 Å². The highest BCUT2D eigenvalue weighted by Crippen LogP contribution is 2.47. The molecule has 0 aromatic rings. The molecule has 0 radical (unpaired) electrons. The van der Waals surface area contributed by atoms with E-state index in [2.05, 4.69) is 26.0 Å². The van der Waals surface area contributed by atoms with Crippen LogP contribution in [0.15, 0.2) is 12.2 Å². The summed E-state index contributed by atoms with van der Waals surface area (Å²) in [6.45, 7) is 3.34. The van der Waals surface area contributed by atoms with Crippen molar-refractivity contribution in [2.45, 2.75) is 288 Å². The molecule has 0 aliphatic heterocycles. The molecule has 0 amide bonds. The van der Waals surface area contributed by atoms with E-state index in [-0.39, 0.29) is 12.8 Å². The average Bonchev–Trinajstić information content (AvgIpc) is 3.29. The second-order valence-electron chi connectivity index (χ2n) is 18.7. The minimum Gasteiger partial charge on any atom is -0.462 e. The fourth-order valence-corrected chi connectivity index (χ4v) is 9.32. The number of esters is 2. The Hall–Kier alpha value is -1.41. The van der Waals surface area contributed by atoms with Gasteiger partial charge in [-0.25, -0.2) is 4.57 Å². The zero-order chi connectivity index (χ0) is 47.8. The molecule has 1 saturated carbocycles. The molecule has 0 bridgehead atoms. The van der Waals surface area contributed by atoms with Gasteiger partial charge in [-0.3, -0.25) is 18.6 Å². The van der Waals surface area contributed by atoms with Gasteiger partial charge in [-0.05, 0) is 38.5 Å². The lowest BCUT2D eigenvalue weighted by Crippen LogP contribution is -2.64. The van der Waals surface area contributed by atoms with Crippen LogP contribution in [0.3, 0.4) is 0 Å². The second kappa shape index (κ2) is 41.6. The van der Waals surface area contributed by atoms with Crippen molar-refractivity contribution in [3.63, 3.8) is 0 Å². The topological polar surface area (TPSA) is 210 Å². The number of phosphoric ester groups is 1. The maximum atomic E-state index is 12.9. The van der Waals surface area contributed by atoms with Crippen molar-refractivity contribution in [3.05, 3.63) is 12.2 Å². The van der Waals surface area contributed by atoms with Crippen molar-refractivity contribution in [1.29, 1.82) is 0 Å². The first-order valence-electron chi connectivity index (χ1n) is 26.5. The van der Waals surface area contributed by atoms with E-state index in [4.69, 9.17) is 18.5 Å². The Morgan fingerprint density at radius 2 is 0.785 bits per heavy atom. The third-order valence-corrected chi connectivity index (χ3v) is 13.6. The summed E-state index contributed by atoms with van der Waals surface area (Å²) in [4.78, 5) is 35.9. The summed E-state index contributed by atoms with van der Waals surface area (Å²) in [6, 6.07) is 0. The zero-order valence-corrected chi connectivity index (χ0v) is 41.9. The van der Waals surface area contributed by atoms with E-state index >= 15 is 0 Å². The Morgan fingerprint density at radius 3 is 1.17 bits per heavy atom. The molecule has 6 N–H and O–H groups in total. The van der Waals surface area contributed by atoms with Crippen molar-refractivity contribution >= 4 is 19.8 Å². The van der Waals surface area contributed by atoms with Gasteiger partial charge in [-0.15, -0.1) is 0 Å².